The molecule has 2 rings (SSSR count). The summed E-state index contributed by atoms with van der Waals surface area (Å²) in [6.45, 7) is 2.62. The molecule has 1 fully saturated rings. The highest BCUT2D eigenvalue weighted by atomic mass is 16.1. The maximum Gasteiger partial charge on any atom is 0.238 e. The van der Waals surface area contributed by atoms with Gasteiger partial charge in [-0.1, -0.05) is 38.3 Å². The average Bonchev–Trinajstić information content (AvgIpc) is 2.98. The van der Waals surface area contributed by atoms with Crippen LogP contribution in [0.5, 0.6) is 0 Å². The molecule has 0 unspecified atom stereocenters. The highest BCUT2D eigenvalue weighted by Crippen LogP contribution is 2.17. The van der Waals surface area contributed by atoms with Crippen molar-refractivity contribution >= 4 is 11.6 Å². The first kappa shape index (κ1) is 15.0. The maximum absolute atomic E-state index is 11.9. The number of aryl methyl sites for hydroxylation is 1. The van der Waals surface area contributed by atoms with Crippen molar-refractivity contribution in [3.63, 3.8) is 0 Å². The van der Waals surface area contributed by atoms with Crippen LogP contribution in [-0.4, -0.2) is 18.5 Å². The molecule has 1 amide bonds. The van der Waals surface area contributed by atoms with Crippen LogP contribution >= 0.6 is 0 Å². The fourth-order valence-electron chi connectivity index (χ4n) is 2.71. The highest BCUT2D eigenvalue weighted by molar-refractivity contribution is 5.92. The summed E-state index contributed by atoms with van der Waals surface area (Å²) >= 11 is 0. The largest absolute Gasteiger partial charge is 0.325 e. The fraction of sp³-hybridized carbons (Fsp3) is 0.588. The van der Waals surface area contributed by atoms with Gasteiger partial charge in [-0.2, -0.15) is 0 Å². The minimum atomic E-state index is 0.0539. The van der Waals surface area contributed by atoms with Gasteiger partial charge in [-0.25, -0.2) is 0 Å². The molecule has 0 aromatic heterocycles. The first-order chi connectivity index (χ1) is 9.78. The lowest BCUT2D eigenvalue weighted by Gasteiger charge is -2.12. The number of anilines is 1. The van der Waals surface area contributed by atoms with Gasteiger partial charge in [0.25, 0.3) is 0 Å². The normalized spacial score (nSPS) is 15.4. The van der Waals surface area contributed by atoms with Crippen molar-refractivity contribution in [2.24, 2.45) is 0 Å². The minimum Gasteiger partial charge on any atom is -0.325 e. The summed E-state index contributed by atoms with van der Waals surface area (Å²) in [5, 5.41) is 6.28. The van der Waals surface area contributed by atoms with Crippen LogP contribution in [0.15, 0.2) is 24.3 Å². The van der Waals surface area contributed by atoms with Gasteiger partial charge < -0.3 is 10.6 Å². The first-order valence-corrected chi connectivity index (χ1v) is 7.90. The van der Waals surface area contributed by atoms with Crippen LogP contribution in [-0.2, 0) is 11.2 Å². The van der Waals surface area contributed by atoms with Gasteiger partial charge in [-0.05, 0) is 43.4 Å². The van der Waals surface area contributed by atoms with Gasteiger partial charge in [0.05, 0.1) is 6.54 Å². The lowest BCUT2D eigenvalue weighted by Crippen LogP contribution is -2.34. The van der Waals surface area contributed by atoms with Gasteiger partial charge >= 0.3 is 0 Å². The molecule has 0 bridgehead atoms. The summed E-state index contributed by atoms with van der Waals surface area (Å²) in [4.78, 5) is 11.9. The van der Waals surface area contributed by atoms with Gasteiger partial charge in [0.15, 0.2) is 0 Å². The molecule has 1 aromatic carbocycles. The molecule has 0 radical (unpaired) electrons. The van der Waals surface area contributed by atoms with Crippen LogP contribution in [0.1, 0.15) is 51.0 Å². The third-order valence-electron chi connectivity index (χ3n) is 3.96. The number of nitrogens with one attached hydrogen (secondary N) is 2. The van der Waals surface area contributed by atoms with Crippen molar-refractivity contribution in [1.29, 1.82) is 0 Å². The van der Waals surface area contributed by atoms with E-state index < -0.39 is 0 Å². The van der Waals surface area contributed by atoms with Gasteiger partial charge in [-0.3, -0.25) is 4.79 Å². The van der Waals surface area contributed by atoms with E-state index in [2.05, 4.69) is 29.7 Å². The lowest BCUT2D eigenvalue weighted by atomic mass is 10.1. The number of amides is 1. The predicted octanol–water partition coefficient (Wildman–Crippen LogP) is 3.50. The van der Waals surface area contributed by atoms with Crippen LogP contribution in [0.3, 0.4) is 0 Å². The van der Waals surface area contributed by atoms with E-state index in [0.717, 1.165) is 12.1 Å². The molecule has 0 saturated heterocycles. The maximum atomic E-state index is 11.9. The van der Waals surface area contributed by atoms with Crippen molar-refractivity contribution in [2.75, 3.05) is 11.9 Å². The highest BCUT2D eigenvalue weighted by Gasteiger charge is 2.15. The lowest BCUT2D eigenvalue weighted by molar-refractivity contribution is -0.115. The molecule has 1 saturated carbocycles. The third kappa shape index (κ3) is 4.97. The van der Waals surface area contributed by atoms with Crippen LogP contribution < -0.4 is 10.6 Å². The summed E-state index contributed by atoms with van der Waals surface area (Å²) in [5.41, 5.74) is 2.23. The van der Waals surface area contributed by atoms with Crippen molar-refractivity contribution in [2.45, 2.75) is 57.9 Å². The van der Waals surface area contributed by atoms with Gasteiger partial charge in [0.2, 0.25) is 5.91 Å². The number of unbranched alkanes of at least 4 members (excludes halogenated alkanes) is 1. The SMILES string of the molecule is CCCCc1ccc(NC(=O)CNC2CCCC2)cc1. The predicted molar refractivity (Wildman–Crippen MR) is 83.9 cm³/mol. The van der Waals surface area contributed by atoms with Gasteiger partial charge in [0, 0.05) is 11.7 Å². The summed E-state index contributed by atoms with van der Waals surface area (Å²) in [6, 6.07) is 8.75. The second kappa shape index (κ2) is 8.05. The summed E-state index contributed by atoms with van der Waals surface area (Å²) < 4.78 is 0. The van der Waals surface area contributed by atoms with E-state index in [0.29, 0.717) is 12.6 Å². The molecule has 0 atom stereocenters. The van der Waals surface area contributed by atoms with E-state index in [-0.39, 0.29) is 5.91 Å². The molecule has 0 heterocycles. The monoisotopic (exact) mass is 274 g/mol. The van der Waals surface area contributed by atoms with Crippen molar-refractivity contribution < 1.29 is 4.79 Å². The molecule has 3 heteroatoms. The van der Waals surface area contributed by atoms with Gasteiger partial charge in [-0.15, -0.1) is 0 Å². The smallest absolute Gasteiger partial charge is 0.238 e. The quantitative estimate of drug-likeness (QED) is 0.799. The van der Waals surface area contributed by atoms with Crippen LogP contribution in [0.2, 0.25) is 0 Å². The standard InChI is InChI=1S/C17H26N2O/c1-2-3-6-14-9-11-16(12-10-14)19-17(20)13-18-15-7-4-5-8-15/h9-12,15,18H,2-8,13H2,1H3,(H,19,20). The van der Waals surface area contributed by atoms with Crippen molar-refractivity contribution in [1.82, 2.24) is 5.32 Å². The Bertz CT molecular complexity index is 408. The third-order valence-corrected chi connectivity index (χ3v) is 3.96. The Balaban J connectivity index is 1.72. The molecular weight excluding hydrogens is 248 g/mol. The Labute approximate surface area is 122 Å². The molecule has 3 nitrogen and oxygen atoms in total. The Morgan fingerprint density at radius 2 is 1.90 bits per heavy atom. The minimum absolute atomic E-state index is 0.0539. The molecule has 2 N–H and O–H groups in total. The van der Waals surface area contributed by atoms with E-state index in [1.165, 1.54) is 44.1 Å². The van der Waals surface area contributed by atoms with E-state index in [1.807, 2.05) is 12.1 Å². The molecule has 20 heavy (non-hydrogen) atoms. The topological polar surface area (TPSA) is 41.1 Å². The van der Waals surface area contributed by atoms with Crippen LogP contribution in [0.4, 0.5) is 5.69 Å². The number of benzene rings is 1. The second-order valence-corrected chi connectivity index (χ2v) is 5.71. The van der Waals surface area contributed by atoms with Crippen molar-refractivity contribution in [3.05, 3.63) is 29.8 Å². The fourth-order valence-corrected chi connectivity index (χ4v) is 2.71. The number of hydrogen-bond acceptors (Lipinski definition) is 2. The molecule has 1 aromatic rings. The molecule has 0 aliphatic heterocycles. The summed E-state index contributed by atoms with van der Waals surface area (Å²) in [6.07, 6.45) is 8.55. The zero-order valence-corrected chi connectivity index (χ0v) is 12.5. The average molecular weight is 274 g/mol. The Morgan fingerprint density at radius 1 is 1.20 bits per heavy atom. The molecule has 1 aliphatic carbocycles. The Kier molecular flexibility index (Phi) is 6.06. The number of rotatable bonds is 7. The number of carbonyl (C=O) groups excluding carboxylic acids is 1. The van der Waals surface area contributed by atoms with Crippen molar-refractivity contribution in [3.8, 4) is 0 Å². The van der Waals surface area contributed by atoms with Gasteiger partial charge in [0.1, 0.15) is 0 Å². The Hall–Kier alpha value is -1.35. The Morgan fingerprint density at radius 3 is 2.55 bits per heavy atom. The zero-order valence-electron chi connectivity index (χ0n) is 12.5. The van der Waals surface area contributed by atoms with Crippen LogP contribution in [0, 0.1) is 0 Å². The summed E-state index contributed by atoms with van der Waals surface area (Å²) in [5.74, 6) is 0.0539. The van der Waals surface area contributed by atoms with Crippen LogP contribution in [0.25, 0.3) is 0 Å². The number of carbonyl (C=O) groups is 1. The van der Waals surface area contributed by atoms with E-state index in [9.17, 15) is 4.79 Å². The molecule has 110 valence electrons. The van der Waals surface area contributed by atoms with E-state index >= 15 is 0 Å². The summed E-state index contributed by atoms with van der Waals surface area (Å²) in [7, 11) is 0. The van der Waals surface area contributed by atoms with E-state index in [4.69, 9.17) is 0 Å². The molecular formula is C17H26N2O. The number of hydrogen-bond donors (Lipinski definition) is 2. The first-order valence-electron chi connectivity index (χ1n) is 7.90. The van der Waals surface area contributed by atoms with E-state index in [1.54, 1.807) is 0 Å². The molecule has 1 aliphatic rings. The zero-order chi connectivity index (χ0) is 14.2. The molecule has 0 spiro atoms. The second-order valence-electron chi connectivity index (χ2n) is 5.71.